The van der Waals surface area contributed by atoms with E-state index < -0.39 is 138 Å². The van der Waals surface area contributed by atoms with Crippen LogP contribution in [0.1, 0.15) is 27.4 Å². The summed E-state index contributed by atoms with van der Waals surface area (Å²) in [6.45, 7) is 0. The van der Waals surface area contributed by atoms with Gasteiger partial charge in [-0.25, -0.2) is 0 Å². The summed E-state index contributed by atoms with van der Waals surface area (Å²) in [4.78, 5) is 0. The SMILES string of the molecule is [2H]c1c([2H])c([2H])c(-c2cccc(-c3ccc4sc5ccccc5c4c3-n3c4c([2H])c([2H])c([2H])c([2H])c4c4c([2H])c([2H])c(-n5c6c([2H])c([2H])c([2H])c([2H])c6c6c([2H])c([2H])c([2H])c([2H])c65)c([2H])c43)c2)c([2H])c1[2H]. The van der Waals surface area contributed by atoms with Crippen LogP contribution in [0.5, 0.6) is 0 Å². The van der Waals surface area contributed by atoms with E-state index >= 15 is 0 Å². The molecule has 0 spiro atoms. The van der Waals surface area contributed by atoms with Gasteiger partial charge in [-0.15, -0.1) is 11.3 Å². The van der Waals surface area contributed by atoms with E-state index in [9.17, 15) is 9.60 Å². The van der Waals surface area contributed by atoms with E-state index in [-0.39, 0.29) is 49.4 Å². The average Bonchev–Trinajstić information content (AvgIpc) is 4.04. The minimum atomic E-state index is -0.765. The fraction of sp³-hybridized carbons (Fsp3) is 0. The summed E-state index contributed by atoms with van der Waals surface area (Å²) in [6.07, 6.45) is 0. The third-order valence-corrected chi connectivity index (χ3v) is 10.2. The van der Waals surface area contributed by atoms with Crippen LogP contribution < -0.4 is 0 Å². The molecule has 3 heterocycles. The number of nitrogens with zero attached hydrogens (tertiary/aromatic N) is 2. The summed E-state index contributed by atoms with van der Waals surface area (Å²) >= 11 is 1.40. The summed E-state index contributed by atoms with van der Waals surface area (Å²) in [5.41, 5.74) is -0.744. The average molecular weight is 687 g/mol. The first-order chi connectivity index (χ1) is 33.6. The van der Waals surface area contributed by atoms with E-state index in [1.165, 1.54) is 15.9 Å². The third kappa shape index (κ3) is 4.22. The Labute approximate surface area is 326 Å². The molecule has 0 fully saturated rings. The van der Waals surface area contributed by atoms with Crippen LogP contribution in [0, 0.1) is 0 Å². The first kappa shape index (κ1) is 15.2. The zero-order chi connectivity index (χ0) is 50.9. The lowest BCUT2D eigenvalue weighted by Gasteiger charge is -2.17. The molecule has 11 rings (SSSR count). The molecule has 0 amide bonds. The molecule has 0 aliphatic carbocycles. The van der Waals surface area contributed by atoms with Crippen LogP contribution in [0.15, 0.2) is 182 Å². The Bertz CT molecular complexity index is 4200. The van der Waals surface area contributed by atoms with Crippen LogP contribution in [0.4, 0.5) is 0 Å². The highest BCUT2D eigenvalue weighted by Gasteiger charge is 2.22. The monoisotopic (exact) mass is 686 g/mol. The van der Waals surface area contributed by atoms with Gasteiger partial charge in [-0.1, -0.05) is 133 Å². The first-order valence-corrected chi connectivity index (χ1v) is 16.6. The Hall–Kier alpha value is -6.42. The second-order valence-electron chi connectivity index (χ2n) is 11.8. The van der Waals surface area contributed by atoms with Gasteiger partial charge in [0.2, 0.25) is 0 Å². The maximum Gasteiger partial charge on any atom is 0.0667 e. The Morgan fingerprint density at radius 2 is 1.06 bits per heavy atom. The molecule has 8 aromatic carbocycles. The lowest BCUT2D eigenvalue weighted by Crippen LogP contribution is -2.00. The number of aromatic nitrogens is 2. The molecule has 3 aromatic heterocycles. The van der Waals surface area contributed by atoms with Crippen LogP contribution in [0.2, 0.25) is 0 Å². The van der Waals surface area contributed by atoms with Crippen molar-refractivity contribution in [3.8, 4) is 33.6 Å². The number of para-hydroxylation sites is 3. The molecule has 0 N–H and O–H groups in total. The maximum absolute atomic E-state index is 10.3. The van der Waals surface area contributed by atoms with Gasteiger partial charge in [0.05, 0.1) is 55.2 Å². The summed E-state index contributed by atoms with van der Waals surface area (Å²) in [5, 5.41) is 0.0340. The summed E-state index contributed by atoms with van der Waals surface area (Å²) < 4.78 is 184. The van der Waals surface area contributed by atoms with Crippen molar-refractivity contribution in [2.75, 3.05) is 0 Å². The van der Waals surface area contributed by atoms with Gasteiger partial charge in [-0.2, -0.15) is 0 Å². The fourth-order valence-electron chi connectivity index (χ4n) is 6.98. The molecular formula is C48H30N2S. The molecule has 0 unspecified atom stereocenters. The smallest absolute Gasteiger partial charge is 0.0667 e. The Kier molecular flexibility index (Phi) is 3.30. The van der Waals surface area contributed by atoms with Crippen LogP contribution in [-0.2, 0) is 0 Å². The van der Waals surface area contributed by atoms with Gasteiger partial charge in [0.15, 0.2) is 0 Å². The van der Waals surface area contributed by atoms with E-state index in [1.54, 1.807) is 36.4 Å². The molecule has 238 valence electrons. The highest BCUT2D eigenvalue weighted by atomic mass is 32.1. The zero-order valence-corrected chi connectivity index (χ0v) is 26.9. The summed E-state index contributed by atoms with van der Waals surface area (Å²) in [7, 11) is 0. The molecule has 0 aliphatic heterocycles. The van der Waals surface area contributed by atoms with Gasteiger partial charge in [0, 0.05) is 53.0 Å². The molecule has 0 radical (unpaired) electrons. The Balaban J connectivity index is 1.40. The third-order valence-electron chi connectivity index (χ3n) is 9.10. The number of benzene rings is 8. The maximum atomic E-state index is 10.3. The molecule has 0 bridgehead atoms. The second-order valence-corrected chi connectivity index (χ2v) is 12.9. The minimum absolute atomic E-state index is 0.0885. The largest absolute Gasteiger partial charge is 0.309 e. The fourth-order valence-corrected chi connectivity index (χ4v) is 8.09. The summed E-state index contributed by atoms with van der Waals surface area (Å²) in [6, 6.07) is 4.56. The van der Waals surface area contributed by atoms with Crippen molar-refractivity contribution < 1.29 is 27.4 Å². The van der Waals surface area contributed by atoms with Gasteiger partial charge in [-0.3, -0.25) is 0 Å². The number of thiophene rings is 1. The molecular weight excluding hydrogens is 637 g/mol. The standard InChI is InChI=1S/C48H30N2S/c1-2-13-31(14-3-1)32-15-12-16-33(29-32)35-27-28-46-47(40-20-7-11-24-45(40)51-46)48(35)50-43-23-10-6-19-38(43)39-26-25-34(30-44(39)50)49-41-21-8-4-17-36(41)37-18-5-9-22-42(37)49/h1-30H/i1D,2D,3D,4D,5D,6D,8D,9D,10D,13D,14D,17D,18D,19D,21D,22D,23D,25D,26D,30D. The van der Waals surface area contributed by atoms with Crippen molar-refractivity contribution in [2.24, 2.45) is 0 Å². The van der Waals surface area contributed by atoms with Gasteiger partial charge in [-0.05, 0) is 65.1 Å². The first-order valence-electron chi connectivity index (χ1n) is 25.8. The predicted molar refractivity (Wildman–Crippen MR) is 219 cm³/mol. The molecule has 11 aromatic rings. The van der Waals surface area contributed by atoms with Crippen LogP contribution in [-0.4, -0.2) is 9.13 Å². The number of rotatable bonds is 4. The Morgan fingerprint density at radius 3 is 1.80 bits per heavy atom. The molecule has 2 nitrogen and oxygen atoms in total. The van der Waals surface area contributed by atoms with Crippen molar-refractivity contribution >= 4 is 75.1 Å². The lowest BCUT2D eigenvalue weighted by molar-refractivity contribution is 1.16. The van der Waals surface area contributed by atoms with Crippen molar-refractivity contribution in [3.05, 3.63) is 182 Å². The topological polar surface area (TPSA) is 9.86 Å². The van der Waals surface area contributed by atoms with Crippen LogP contribution >= 0.6 is 11.3 Å². The van der Waals surface area contributed by atoms with Crippen molar-refractivity contribution in [1.29, 1.82) is 0 Å². The summed E-state index contributed by atoms with van der Waals surface area (Å²) in [5.74, 6) is 0. The van der Waals surface area contributed by atoms with Crippen molar-refractivity contribution in [3.63, 3.8) is 0 Å². The van der Waals surface area contributed by atoms with E-state index in [4.69, 9.17) is 17.8 Å². The molecule has 0 atom stereocenters. The number of hydrogen-bond acceptors (Lipinski definition) is 1. The van der Waals surface area contributed by atoms with Gasteiger partial charge in [0.25, 0.3) is 0 Å². The van der Waals surface area contributed by atoms with E-state index in [1.807, 2.05) is 24.3 Å². The predicted octanol–water partition coefficient (Wildman–Crippen LogP) is 13.6. The van der Waals surface area contributed by atoms with Crippen LogP contribution in [0.25, 0.3) is 97.4 Å². The van der Waals surface area contributed by atoms with Crippen molar-refractivity contribution in [2.45, 2.75) is 0 Å². The normalized spacial score (nSPS) is 17.4. The highest BCUT2D eigenvalue weighted by Crippen LogP contribution is 2.46. The number of hydrogen-bond donors (Lipinski definition) is 0. The van der Waals surface area contributed by atoms with E-state index in [2.05, 4.69) is 0 Å². The van der Waals surface area contributed by atoms with Gasteiger partial charge < -0.3 is 9.13 Å². The van der Waals surface area contributed by atoms with Crippen LogP contribution in [0.3, 0.4) is 0 Å². The second kappa shape index (κ2) is 11.0. The van der Waals surface area contributed by atoms with E-state index in [0.29, 0.717) is 26.6 Å². The minimum Gasteiger partial charge on any atom is -0.309 e. The van der Waals surface area contributed by atoms with E-state index in [0.717, 1.165) is 9.27 Å². The highest BCUT2D eigenvalue weighted by molar-refractivity contribution is 7.25. The quantitative estimate of drug-likeness (QED) is 0.174. The molecule has 0 saturated carbocycles. The Morgan fingerprint density at radius 1 is 0.431 bits per heavy atom. The molecule has 51 heavy (non-hydrogen) atoms. The molecule has 3 heteroatoms. The van der Waals surface area contributed by atoms with Gasteiger partial charge in [0.1, 0.15) is 0 Å². The van der Waals surface area contributed by atoms with Crippen molar-refractivity contribution in [1.82, 2.24) is 9.13 Å². The number of fused-ring (bicyclic) bond motifs is 9. The lowest BCUT2D eigenvalue weighted by atomic mass is 9.96. The van der Waals surface area contributed by atoms with Gasteiger partial charge >= 0.3 is 0 Å². The molecule has 0 aliphatic rings. The molecule has 0 saturated heterocycles. The zero-order valence-electron chi connectivity index (χ0n) is 46.1.